The van der Waals surface area contributed by atoms with Gasteiger partial charge in [0.05, 0.1) is 18.8 Å². The van der Waals surface area contributed by atoms with E-state index in [2.05, 4.69) is 79.9 Å². The number of carbonyl (C=O) groups excluding carboxylic acids is 1. The first-order valence-corrected chi connectivity index (χ1v) is 27.2. The maximum Gasteiger partial charge on any atom is 0.220 e. The van der Waals surface area contributed by atoms with Crippen LogP contribution in [0.15, 0.2) is 72.9 Å². The molecule has 360 valence electrons. The zero-order chi connectivity index (χ0) is 44.9. The fourth-order valence-electron chi connectivity index (χ4n) is 8.09. The van der Waals surface area contributed by atoms with Gasteiger partial charge in [0.2, 0.25) is 5.91 Å². The Balaban J connectivity index is 3.49. The molecule has 0 rings (SSSR count). The number of hydrogen-bond acceptors (Lipinski definition) is 3. The summed E-state index contributed by atoms with van der Waals surface area (Å²) in [6.07, 6.45) is 76.2. The van der Waals surface area contributed by atoms with Gasteiger partial charge in [0, 0.05) is 6.42 Å². The zero-order valence-corrected chi connectivity index (χ0v) is 41.4. The fourth-order valence-corrected chi connectivity index (χ4v) is 8.09. The molecule has 0 aliphatic carbocycles. The van der Waals surface area contributed by atoms with Crippen LogP contribution < -0.4 is 5.32 Å². The largest absolute Gasteiger partial charge is 0.394 e. The molecule has 0 heterocycles. The van der Waals surface area contributed by atoms with Crippen molar-refractivity contribution in [1.82, 2.24) is 5.32 Å². The number of allylic oxidation sites excluding steroid dienone is 11. The highest BCUT2D eigenvalue weighted by molar-refractivity contribution is 5.76. The molecule has 0 aromatic heterocycles. The second-order valence-corrected chi connectivity index (χ2v) is 18.3. The van der Waals surface area contributed by atoms with E-state index < -0.39 is 12.1 Å². The molecule has 0 fully saturated rings. The number of aliphatic hydroxyl groups excluding tert-OH is 2. The molecule has 0 aromatic carbocycles. The number of amides is 1. The highest BCUT2D eigenvalue weighted by Gasteiger charge is 2.18. The Kier molecular flexibility index (Phi) is 51.3. The van der Waals surface area contributed by atoms with Crippen LogP contribution in [0.4, 0.5) is 0 Å². The van der Waals surface area contributed by atoms with E-state index in [0.29, 0.717) is 6.42 Å². The molecule has 0 bridgehead atoms. The first kappa shape index (κ1) is 59.8. The summed E-state index contributed by atoms with van der Waals surface area (Å²) in [6, 6.07) is -0.624. The van der Waals surface area contributed by atoms with Crippen molar-refractivity contribution < 1.29 is 15.0 Å². The monoisotopic (exact) mass is 864 g/mol. The maximum absolute atomic E-state index is 12.5. The Bertz CT molecular complexity index is 1070. The highest BCUT2D eigenvalue weighted by atomic mass is 16.3. The molecule has 3 N–H and O–H groups in total. The van der Waals surface area contributed by atoms with Crippen LogP contribution in [0.25, 0.3) is 0 Å². The molecule has 0 aliphatic heterocycles. The first-order chi connectivity index (χ1) is 30.7. The Morgan fingerprint density at radius 2 is 0.710 bits per heavy atom. The van der Waals surface area contributed by atoms with Gasteiger partial charge in [-0.1, -0.05) is 273 Å². The summed E-state index contributed by atoms with van der Waals surface area (Å²) in [4.78, 5) is 12.5. The van der Waals surface area contributed by atoms with Crippen molar-refractivity contribution in [2.24, 2.45) is 0 Å². The Hall–Kier alpha value is -2.17. The predicted octanol–water partition coefficient (Wildman–Crippen LogP) is 17.8. The van der Waals surface area contributed by atoms with Crippen molar-refractivity contribution in [3.05, 3.63) is 72.9 Å². The quantitative estimate of drug-likeness (QED) is 0.0421. The molecular formula is C58H105NO3. The van der Waals surface area contributed by atoms with Gasteiger partial charge >= 0.3 is 0 Å². The molecule has 2 unspecified atom stereocenters. The molecule has 0 saturated carbocycles. The number of aliphatic hydroxyl groups is 2. The summed E-state index contributed by atoms with van der Waals surface area (Å²) in [6.45, 7) is 4.21. The molecule has 4 nitrogen and oxygen atoms in total. The van der Waals surface area contributed by atoms with Crippen molar-refractivity contribution >= 4 is 5.91 Å². The summed E-state index contributed by atoms with van der Waals surface area (Å²) in [7, 11) is 0. The third kappa shape index (κ3) is 48.9. The maximum atomic E-state index is 12.5. The molecule has 0 aliphatic rings. The summed E-state index contributed by atoms with van der Waals surface area (Å²) >= 11 is 0. The van der Waals surface area contributed by atoms with Gasteiger partial charge in [0.25, 0.3) is 0 Å². The van der Waals surface area contributed by atoms with Crippen LogP contribution >= 0.6 is 0 Å². The zero-order valence-electron chi connectivity index (χ0n) is 41.4. The Morgan fingerprint density at radius 1 is 0.403 bits per heavy atom. The van der Waals surface area contributed by atoms with Gasteiger partial charge < -0.3 is 15.5 Å². The van der Waals surface area contributed by atoms with Gasteiger partial charge in [-0.3, -0.25) is 4.79 Å². The SMILES string of the molecule is CC/C=C\C/C=C\C/C=C\C/C=C\C/C=C\CCCCCCCCCCCCCCCCCCCC(=O)NC(CO)C(O)/C=C/CCCCCCCCCCCCCCCCC. The van der Waals surface area contributed by atoms with Crippen molar-refractivity contribution in [3.8, 4) is 0 Å². The smallest absolute Gasteiger partial charge is 0.220 e. The summed E-state index contributed by atoms with van der Waals surface area (Å²) < 4.78 is 0. The third-order valence-corrected chi connectivity index (χ3v) is 12.2. The molecule has 0 radical (unpaired) electrons. The van der Waals surface area contributed by atoms with Gasteiger partial charge in [-0.05, 0) is 64.2 Å². The number of unbranched alkanes of at least 4 members (excludes halogenated alkanes) is 32. The minimum Gasteiger partial charge on any atom is -0.394 e. The van der Waals surface area contributed by atoms with Crippen molar-refractivity contribution in [1.29, 1.82) is 0 Å². The predicted molar refractivity (Wildman–Crippen MR) is 276 cm³/mol. The minimum absolute atomic E-state index is 0.0630. The van der Waals surface area contributed by atoms with Crippen LogP contribution in [0.3, 0.4) is 0 Å². The van der Waals surface area contributed by atoms with E-state index in [1.165, 1.54) is 193 Å². The van der Waals surface area contributed by atoms with Crippen molar-refractivity contribution in [2.45, 2.75) is 283 Å². The lowest BCUT2D eigenvalue weighted by atomic mass is 10.0. The minimum atomic E-state index is -0.841. The summed E-state index contributed by atoms with van der Waals surface area (Å²) in [5, 5.41) is 23.1. The molecule has 0 saturated heterocycles. The van der Waals surface area contributed by atoms with E-state index in [0.717, 1.165) is 57.8 Å². The lowest BCUT2D eigenvalue weighted by molar-refractivity contribution is -0.123. The number of nitrogens with one attached hydrogen (secondary N) is 1. The standard InChI is InChI=1S/C58H105NO3/c1-3-5-7-9-11-13-15-17-19-21-22-23-24-25-26-27-28-29-30-31-32-33-34-35-36-38-40-42-44-46-48-50-52-54-58(62)59-56(55-60)57(61)53-51-49-47-45-43-41-39-37-20-18-16-14-12-10-8-6-4-2/h5,7,11,13,17,19,22-23,25-26,51,53,56-57,60-61H,3-4,6,8-10,12,14-16,18,20-21,24,27-50,52,54-55H2,1-2H3,(H,59,62)/b7-5-,13-11-,19-17-,23-22-,26-25-,53-51+. The highest BCUT2D eigenvalue weighted by Crippen LogP contribution is 2.16. The van der Waals surface area contributed by atoms with Gasteiger partial charge in [0.1, 0.15) is 0 Å². The van der Waals surface area contributed by atoms with Gasteiger partial charge in [-0.25, -0.2) is 0 Å². The van der Waals surface area contributed by atoms with Gasteiger partial charge in [-0.2, -0.15) is 0 Å². The molecule has 4 heteroatoms. The van der Waals surface area contributed by atoms with Crippen LogP contribution in [0.1, 0.15) is 271 Å². The van der Waals surface area contributed by atoms with Crippen molar-refractivity contribution in [3.63, 3.8) is 0 Å². The van der Waals surface area contributed by atoms with Crippen molar-refractivity contribution in [2.75, 3.05) is 6.61 Å². The van der Waals surface area contributed by atoms with Crippen LogP contribution in [-0.4, -0.2) is 34.9 Å². The average Bonchev–Trinajstić information content (AvgIpc) is 3.28. The lowest BCUT2D eigenvalue weighted by Gasteiger charge is -2.20. The molecule has 1 amide bonds. The molecule has 0 spiro atoms. The van der Waals surface area contributed by atoms with Crippen LogP contribution in [0, 0.1) is 0 Å². The third-order valence-electron chi connectivity index (χ3n) is 12.2. The fraction of sp³-hybridized carbons (Fsp3) is 0.776. The first-order valence-electron chi connectivity index (χ1n) is 27.2. The second-order valence-electron chi connectivity index (χ2n) is 18.3. The average molecular weight is 864 g/mol. The summed E-state index contributed by atoms with van der Waals surface area (Å²) in [5.74, 6) is -0.0630. The van der Waals surface area contributed by atoms with E-state index >= 15 is 0 Å². The number of carbonyl (C=O) groups is 1. The van der Waals surface area contributed by atoms with Gasteiger partial charge in [0.15, 0.2) is 0 Å². The second kappa shape index (κ2) is 53.2. The van der Waals surface area contributed by atoms with E-state index in [9.17, 15) is 15.0 Å². The normalized spacial score (nSPS) is 13.4. The molecule has 62 heavy (non-hydrogen) atoms. The molecular weight excluding hydrogens is 759 g/mol. The van der Waals surface area contributed by atoms with E-state index in [-0.39, 0.29) is 12.5 Å². The van der Waals surface area contributed by atoms with E-state index in [1.54, 1.807) is 6.08 Å². The number of rotatable bonds is 49. The lowest BCUT2D eigenvalue weighted by Crippen LogP contribution is -2.45. The van der Waals surface area contributed by atoms with E-state index in [1.807, 2.05) is 6.08 Å². The van der Waals surface area contributed by atoms with E-state index in [4.69, 9.17) is 0 Å². The summed E-state index contributed by atoms with van der Waals surface area (Å²) in [5.41, 5.74) is 0. The van der Waals surface area contributed by atoms with Crippen LogP contribution in [0.5, 0.6) is 0 Å². The topological polar surface area (TPSA) is 69.6 Å². The Morgan fingerprint density at radius 3 is 1.06 bits per heavy atom. The van der Waals surface area contributed by atoms with Crippen LogP contribution in [0.2, 0.25) is 0 Å². The number of hydrogen-bond donors (Lipinski definition) is 3. The molecule has 2 atom stereocenters. The Labute approximate surface area is 387 Å². The van der Waals surface area contributed by atoms with Gasteiger partial charge in [-0.15, -0.1) is 0 Å². The van der Waals surface area contributed by atoms with Crippen LogP contribution in [-0.2, 0) is 4.79 Å². The molecule has 0 aromatic rings.